The smallest absolute Gasteiger partial charge is 0.263 e. The van der Waals surface area contributed by atoms with Crippen LogP contribution in [0.3, 0.4) is 0 Å². The van der Waals surface area contributed by atoms with E-state index in [1.807, 2.05) is 13.0 Å². The van der Waals surface area contributed by atoms with Crippen LogP contribution < -0.4 is 4.74 Å². The fraction of sp³-hybridized carbons (Fsp3) is 0.458. The highest BCUT2D eigenvalue weighted by molar-refractivity contribution is 7.89. The Balaban J connectivity index is 1.38. The van der Waals surface area contributed by atoms with E-state index in [0.717, 1.165) is 18.6 Å². The SMILES string of the molecule is CC[C@@H](Oc1ccc2c(c1)CCCC2)C(=O)N1CCN(S(=O)(=O)c2ccccc2)CC1. The number of nitrogens with zero attached hydrogens (tertiary/aromatic N) is 2. The van der Waals surface area contributed by atoms with Crippen LogP contribution in [-0.2, 0) is 27.7 Å². The molecule has 1 saturated heterocycles. The van der Waals surface area contributed by atoms with Gasteiger partial charge in [0.1, 0.15) is 5.75 Å². The average molecular weight is 443 g/mol. The number of carbonyl (C=O) groups excluding carboxylic acids is 1. The lowest BCUT2D eigenvalue weighted by Gasteiger charge is -2.35. The molecule has 2 aliphatic rings. The molecule has 1 fully saturated rings. The zero-order chi connectivity index (χ0) is 21.8. The van der Waals surface area contributed by atoms with E-state index >= 15 is 0 Å². The van der Waals surface area contributed by atoms with Crippen LogP contribution in [0.2, 0.25) is 0 Å². The van der Waals surface area contributed by atoms with Gasteiger partial charge < -0.3 is 9.64 Å². The molecule has 2 aromatic carbocycles. The number of fused-ring (bicyclic) bond motifs is 1. The summed E-state index contributed by atoms with van der Waals surface area (Å²) in [6, 6.07) is 14.6. The molecule has 0 saturated carbocycles. The Labute approximate surface area is 184 Å². The van der Waals surface area contributed by atoms with Crippen molar-refractivity contribution >= 4 is 15.9 Å². The summed E-state index contributed by atoms with van der Waals surface area (Å²) in [4.78, 5) is 15.1. The molecular weight excluding hydrogens is 412 g/mol. The van der Waals surface area contributed by atoms with Crippen molar-refractivity contribution in [3.8, 4) is 5.75 Å². The lowest BCUT2D eigenvalue weighted by atomic mass is 9.92. The van der Waals surface area contributed by atoms with Gasteiger partial charge in [0, 0.05) is 26.2 Å². The normalized spacial score (nSPS) is 18.3. The first-order valence-corrected chi connectivity index (χ1v) is 12.6. The van der Waals surface area contributed by atoms with Crippen LogP contribution in [-0.4, -0.2) is 55.8 Å². The van der Waals surface area contributed by atoms with Crippen molar-refractivity contribution in [2.75, 3.05) is 26.2 Å². The Morgan fingerprint density at radius 1 is 0.968 bits per heavy atom. The number of amides is 1. The van der Waals surface area contributed by atoms with E-state index < -0.39 is 16.1 Å². The van der Waals surface area contributed by atoms with Gasteiger partial charge in [0.25, 0.3) is 5.91 Å². The van der Waals surface area contributed by atoms with Gasteiger partial charge in [0.05, 0.1) is 4.90 Å². The fourth-order valence-electron chi connectivity index (χ4n) is 4.35. The molecule has 0 N–H and O–H groups in total. The maximum absolute atomic E-state index is 13.1. The summed E-state index contributed by atoms with van der Waals surface area (Å²) in [5.41, 5.74) is 2.71. The summed E-state index contributed by atoms with van der Waals surface area (Å²) in [6.07, 6.45) is 4.62. The minimum Gasteiger partial charge on any atom is -0.481 e. The van der Waals surface area contributed by atoms with E-state index in [1.54, 1.807) is 35.2 Å². The number of aryl methyl sites for hydroxylation is 2. The van der Waals surface area contributed by atoms with Crippen molar-refractivity contribution in [1.29, 1.82) is 0 Å². The van der Waals surface area contributed by atoms with E-state index in [-0.39, 0.29) is 23.9 Å². The molecule has 0 bridgehead atoms. The second-order valence-electron chi connectivity index (χ2n) is 8.19. The van der Waals surface area contributed by atoms with Crippen LogP contribution in [0.1, 0.15) is 37.3 Å². The molecule has 0 spiro atoms. The summed E-state index contributed by atoms with van der Waals surface area (Å²) < 4.78 is 33.2. The van der Waals surface area contributed by atoms with E-state index in [0.29, 0.717) is 19.5 Å². The van der Waals surface area contributed by atoms with Crippen molar-refractivity contribution in [3.63, 3.8) is 0 Å². The summed E-state index contributed by atoms with van der Waals surface area (Å²) in [5.74, 6) is 0.670. The van der Waals surface area contributed by atoms with Crippen molar-refractivity contribution in [2.24, 2.45) is 0 Å². The Morgan fingerprint density at radius 3 is 2.32 bits per heavy atom. The molecule has 0 aromatic heterocycles. The third-order valence-corrected chi connectivity index (χ3v) is 8.09. The van der Waals surface area contributed by atoms with Crippen molar-refractivity contribution in [2.45, 2.75) is 50.0 Å². The van der Waals surface area contributed by atoms with Crippen LogP contribution in [0.5, 0.6) is 5.75 Å². The molecule has 166 valence electrons. The van der Waals surface area contributed by atoms with Crippen LogP contribution >= 0.6 is 0 Å². The molecule has 0 radical (unpaired) electrons. The minimum atomic E-state index is -3.53. The van der Waals surface area contributed by atoms with Gasteiger partial charge in [-0.3, -0.25) is 4.79 Å². The molecule has 1 amide bonds. The number of ether oxygens (including phenoxy) is 1. The summed E-state index contributed by atoms with van der Waals surface area (Å²) in [7, 11) is -3.53. The number of hydrogen-bond donors (Lipinski definition) is 0. The van der Waals surface area contributed by atoms with Gasteiger partial charge >= 0.3 is 0 Å². The van der Waals surface area contributed by atoms with Gasteiger partial charge in [-0.2, -0.15) is 4.31 Å². The van der Waals surface area contributed by atoms with E-state index in [4.69, 9.17) is 4.74 Å². The molecule has 1 aliphatic heterocycles. The minimum absolute atomic E-state index is 0.0722. The Bertz CT molecular complexity index is 1020. The highest BCUT2D eigenvalue weighted by Gasteiger charge is 2.32. The predicted octanol–water partition coefficient (Wildman–Crippen LogP) is 3.26. The first-order valence-electron chi connectivity index (χ1n) is 11.1. The molecule has 2 aromatic rings. The first-order chi connectivity index (χ1) is 15.0. The quantitative estimate of drug-likeness (QED) is 0.689. The first kappa shape index (κ1) is 21.8. The van der Waals surface area contributed by atoms with E-state index in [2.05, 4.69) is 12.1 Å². The third-order valence-electron chi connectivity index (χ3n) is 6.18. The van der Waals surface area contributed by atoms with Crippen molar-refractivity contribution < 1.29 is 17.9 Å². The third kappa shape index (κ3) is 4.77. The van der Waals surface area contributed by atoms with Gasteiger partial charge in [0.2, 0.25) is 10.0 Å². The molecule has 7 heteroatoms. The highest BCUT2D eigenvalue weighted by Crippen LogP contribution is 2.26. The number of carbonyl (C=O) groups is 1. The molecule has 4 rings (SSSR count). The second-order valence-corrected chi connectivity index (χ2v) is 10.1. The predicted molar refractivity (Wildman–Crippen MR) is 120 cm³/mol. The van der Waals surface area contributed by atoms with Crippen molar-refractivity contribution in [1.82, 2.24) is 9.21 Å². The van der Waals surface area contributed by atoms with Gasteiger partial charge in [-0.05, 0) is 67.5 Å². The fourth-order valence-corrected chi connectivity index (χ4v) is 5.79. The maximum Gasteiger partial charge on any atom is 0.263 e. The van der Waals surface area contributed by atoms with Gasteiger partial charge in [0.15, 0.2) is 6.10 Å². The largest absolute Gasteiger partial charge is 0.481 e. The van der Waals surface area contributed by atoms with E-state index in [1.165, 1.54) is 28.3 Å². The van der Waals surface area contributed by atoms with Crippen LogP contribution in [0.4, 0.5) is 0 Å². The summed E-state index contributed by atoms with van der Waals surface area (Å²) in [5, 5.41) is 0. The number of benzene rings is 2. The number of piperazine rings is 1. The molecule has 31 heavy (non-hydrogen) atoms. The Kier molecular flexibility index (Phi) is 6.62. The average Bonchev–Trinajstić information content (AvgIpc) is 2.82. The number of sulfonamides is 1. The van der Waals surface area contributed by atoms with Crippen LogP contribution in [0, 0.1) is 0 Å². The monoisotopic (exact) mass is 442 g/mol. The Morgan fingerprint density at radius 2 is 1.65 bits per heavy atom. The topological polar surface area (TPSA) is 66.9 Å². The standard InChI is InChI=1S/C24H30N2O4S/c1-2-23(30-21-13-12-19-8-6-7-9-20(19)18-21)24(27)25-14-16-26(17-15-25)31(28,29)22-10-4-3-5-11-22/h3-5,10-13,18,23H,2,6-9,14-17H2,1H3/t23-/m1/s1. The van der Waals surface area contributed by atoms with Gasteiger partial charge in [-0.25, -0.2) is 8.42 Å². The molecule has 1 atom stereocenters. The second kappa shape index (κ2) is 9.40. The number of rotatable bonds is 6. The maximum atomic E-state index is 13.1. The summed E-state index contributed by atoms with van der Waals surface area (Å²) in [6.45, 7) is 3.26. The van der Waals surface area contributed by atoms with Crippen LogP contribution in [0.25, 0.3) is 0 Å². The zero-order valence-corrected chi connectivity index (χ0v) is 18.8. The van der Waals surface area contributed by atoms with Crippen molar-refractivity contribution in [3.05, 3.63) is 59.7 Å². The highest BCUT2D eigenvalue weighted by atomic mass is 32.2. The molecule has 1 aliphatic carbocycles. The van der Waals surface area contributed by atoms with Gasteiger partial charge in [-0.15, -0.1) is 0 Å². The Hall–Kier alpha value is -2.38. The van der Waals surface area contributed by atoms with E-state index in [9.17, 15) is 13.2 Å². The summed E-state index contributed by atoms with van der Waals surface area (Å²) >= 11 is 0. The molecule has 6 nitrogen and oxygen atoms in total. The lowest BCUT2D eigenvalue weighted by molar-refractivity contribution is -0.140. The van der Waals surface area contributed by atoms with Gasteiger partial charge in [-0.1, -0.05) is 31.2 Å². The molecule has 0 unspecified atom stereocenters. The molecular formula is C24H30N2O4S. The van der Waals surface area contributed by atoms with Crippen LogP contribution in [0.15, 0.2) is 53.4 Å². The molecule has 1 heterocycles. The lowest BCUT2D eigenvalue weighted by Crippen LogP contribution is -2.53. The number of hydrogen-bond acceptors (Lipinski definition) is 4. The zero-order valence-electron chi connectivity index (χ0n) is 18.0.